The van der Waals surface area contributed by atoms with Crippen molar-refractivity contribution in [1.29, 1.82) is 0 Å². The molecule has 0 radical (unpaired) electrons. The normalized spacial score (nSPS) is 13.3. The van der Waals surface area contributed by atoms with Crippen molar-refractivity contribution in [3.63, 3.8) is 0 Å². The maximum atomic E-state index is 11.5. The lowest BCUT2D eigenvalue weighted by Gasteiger charge is -2.26. The van der Waals surface area contributed by atoms with Gasteiger partial charge in [-0.15, -0.1) is 0 Å². The average molecular weight is 317 g/mol. The fourth-order valence-electron chi connectivity index (χ4n) is 2.44. The minimum Gasteiger partial charge on any atom is -0.295 e. The minimum atomic E-state index is -3.13. The van der Waals surface area contributed by atoms with Crippen LogP contribution in [0.4, 0.5) is 0 Å². The van der Waals surface area contributed by atoms with E-state index in [0.29, 0.717) is 4.90 Å². The van der Waals surface area contributed by atoms with Gasteiger partial charge < -0.3 is 0 Å². The zero-order chi connectivity index (χ0) is 16.3. The molecule has 0 fully saturated rings. The van der Waals surface area contributed by atoms with Crippen LogP contribution < -0.4 is 0 Å². The highest BCUT2D eigenvalue weighted by atomic mass is 32.2. The Morgan fingerprint density at radius 1 is 1.05 bits per heavy atom. The topological polar surface area (TPSA) is 37.4 Å². The third kappa shape index (κ3) is 3.96. The molecular formula is C18H23NO2S. The molecule has 22 heavy (non-hydrogen) atoms. The number of rotatable bonds is 5. The van der Waals surface area contributed by atoms with Crippen LogP contribution in [-0.2, 0) is 16.4 Å². The second-order valence-corrected chi connectivity index (χ2v) is 7.87. The Hall–Kier alpha value is -1.65. The SMILES string of the molecule is Cc1ccccc1CN(C)[C@@H](C)c1ccc(S(C)(=O)=O)cc1. The number of aryl methyl sites for hydroxylation is 1. The maximum Gasteiger partial charge on any atom is 0.175 e. The molecule has 0 saturated carbocycles. The van der Waals surface area contributed by atoms with Gasteiger partial charge in [0.2, 0.25) is 0 Å². The molecule has 2 aromatic rings. The van der Waals surface area contributed by atoms with E-state index in [4.69, 9.17) is 0 Å². The van der Waals surface area contributed by atoms with Gasteiger partial charge in [0, 0.05) is 18.8 Å². The molecule has 3 nitrogen and oxygen atoms in total. The molecule has 0 N–H and O–H groups in total. The molecule has 0 unspecified atom stereocenters. The van der Waals surface area contributed by atoms with Crippen molar-refractivity contribution in [3.8, 4) is 0 Å². The highest BCUT2D eigenvalue weighted by molar-refractivity contribution is 7.90. The molecule has 0 aromatic heterocycles. The van der Waals surface area contributed by atoms with Crippen LogP contribution in [0.1, 0.15) is 29.7 Å². The molecule has 0 amide bonds. The predicted octanol–water partition coefficient (Wildman–Crippen LogP) is 3.59. The standard InChI is InChI=1S/C18H23NO2S/c1-14-7-5-6-8-17(14)13-19(3)15(2)16-9-11-18(12-10-16)22(4,20)21/h5-12,15H,13H2,1-4H3/t15-/m0/s1. The first-order chi connectivity index (χ1) is 10.3. The Kier molecular flexibility index (Phi) is 5.04. The Labute approximate surface area is 133 Å². The summed E-state index contributed by atoms with van der Waals surface area (Å²) < 4.78 is 23.0. The number of sulfone groups is 1. The van der Waals surface area contributed by atoms with Gasteiger partial charge in [0.1, 0.15) is 0 Å². The lowest BCUT2D eigenvalue weighted by Crippen LogP contribution is -2.22. The molecule has 2 rings (SSSR count). The summed E-state index contributed by atoms with van der Waals surface area (Å²) in [6.07, 6.45) is 1.23. The summed E-state index contributed by atoms with van der Waals surface area (Å²) in [5, 5.41) is 0. The Bertz CT molecular complexity index is 736. The molecule has 4 heteroatoms. The molecule has 0 aliphatic carbocycles. The van der Waals surface area contributed by atoms with Gasteiger partial charge in [0.05, 0.1) is 4.90 Å². The number of nitrogens with zero attached hydrogens (tertiary/aromatic N) is 1. The van der Waals surface area contributed by atoms with Crippen LogP contribution in [-0.4, -0.2) is 26.6 Å². The first-order valence-corrected chi connectivity index (χ1v) is 9.23. The van der Waals surface area contributed by atoms with Gasteiger partial charge >= 0.3 is 0 Å². The second-order valence-electron chi connectivity index (χ2n) is 5.86. The lowest BCUT2D eigenvalue weighted by molar-refractivity contribution is 0.252. The van der Waals surface area contributed by atoms with E-state index in [9.17, 15) is 8.42 Å². The van der Waals surface area contributed by atoms with Gasteiger partial charge in [-0.25, -0.2) is 8.42 Å². The molecule has 0 spiro atoms. The first kappa shape index (κ1) is 16.7. The largest absolute Gasteiger partial charge is 0.295 e. The van der Waals surface area contributed by atoms with Gasteiger partial charge in [-0.3, -0.25) is 4.90 Å². The van der Waals surface area contributed by atoms with E-state index in [2.05, 4.69) is 44.0 Å². The summed E-state index contributed by atoms with van der Waals surface area (Å²) in [6, 6.07) is 15.7. The number of hydrogen-bond acceptors (Lipinski definition) is 3. The summed E-state index contributed by atoms with van der Waals surface area (Å²) in [5.74, 6) is 0. The van der Waals surface area contributed by atoms with Crippen LogP contribution in [0.5, 0.6) is 0 Å². The van der Waals surface area contributed by atoms with Crippen molar-refractivity contribution in [1.82, 2.24) is 4.90 Å². The molecule has 0 aliphatic rings. The van der Waals surface area contributed by atoms with Gasteiger partial charge in [-0.1, -0.05) is 36.4 Å². The van der Waals surface area contributed by atoms with E-state index >= 15 is 0 Å². The molecule has 0 bridgehead atoms. The van der Waals surface area contributed by atoms with E-state index in [0.717, 1.165) is 12.1 Å². The zero-order valence-corrected chi connectivity index (χ0v) is 14.4. The lowest BCUT2D eigenvalue weighted by atomic mass is 10.0. The summed E-state index contributed by atoms with van der Waals surface area (Å²) in [7, 11) is -1.05. The van der Waals surface area contributed by atoms with Crippen LogP contribution in [0.25, 0.3) is 0 Å². The Morgan fingerprint density at radius 3 is 2.18 bits per heavy atom. The predicted molar refractivity (Wildman–Crippen MR) is 90.6 cm³/mol. The fourth-order valence-corrected chi connectivity index (χ4v) is 3.07. The van der Waals surface area contributed by atoms with E-state index in [1.807, 2.05) is 18.2 Å². The van der Waals surface area contributed by atoms with Crippen LogP contribution in [0, 0.1) is 6.92 Å². The zero-order valence-electron chi connectivity index (χ0n) is 13.6. The van der Waals surface area contributed by atoms with Crippen LogP contribution in [0.2, 0.25) is 0 Å². The van der Waals surface area contributed by atoms with Gasteiger partial charge in [0.15, 0.2) is 9.84 Å². The van der Waals surface area contributed by atoms with Crippen molar-refractivity contribution >= 4 is 9.84 Å². The Morgan fingerprint density at radius 2 is 1.64 bits per heavy atom. The van der Waals surface area contributed by atoms with Crippen molar-refractivity contribution in [3.05, 3.63) is 65.2 Å². The molecule has 1 atom stereocenters. The van der Waals surface area contributed by atoms with Crippen molar-refractivity contribution < 1.29 is 8.42 Å². The number of hydrogen-bond donors (Lipinski definition) is 0. The minimum absolute atomic E-state index is 0.216. The maximum absolute atomic E-state index is 11.5. The fraction of sp³-hybridized carbons (Fsp3) is 0.333. The molecule has 0 heterocycles. The summed E-state index contributed by atoms with van der Waals surface area (Å²) in [4.78, 5) is 2.63. The molecular weight excluding hydrogens is 294 g/mol. The van der Waals surface area contributed by atoms with E-state index < -0.39 is 9.84 Å². The number of benzene rings is 2. The van der Waals surface area contributed by atoms with Gasteiger partial charge in [0.25, 0.3) is 0 Å². The van der Waals surface area contributed by atoms with E-state index in [-0.39, 0.29) is 6.04 Å². The van der Waals surface area contributed by atoms with E-state index in [1.165, 1.54) is 17.4 Å². The second kappa shape index (κ2) is 6.63. The monoisotopic (exact) mass is 317 g/mol. The van der Waals surface area contributed by atoms with Crippen molar-refractivity contribution in [2.45, 2.75) is 31.3 Å². The van der Waals surface area contributed by atoms with Crippen LogP contribution >= 0.6 is 0 Å². The highest BCUT2D eigenvalue weighted by Crippen LogP contribution is 2.23. The van der Waals surface area contributed by atoms with Crippen molar-refractivity contribution in [2.24, 2.45) is 0 Å². The molecule has 0 aliphatic heterocycles. The van der Waals surface area contributed by atoms with Crippen LogP contribution in [0.15, 0.2) is 53.4 Å². The summed E-state index contributed by atoms with van der Waals surface area (Å²) >= 11 is 0. The third-order valence-corrected chi connectivity index (χ3v) is 5.26. The summed E-state index contributed by atoms with van der Waals surface area (Å²) in [5.41, 5.74) is 3.71. The first-order valence-electron chi connectivity index (χ1n) is 7.34. The highest BCUT2D eigenvalue weighted by Gasteiger charge is 2.14. The molecule has 2 aromatic carbocycles. The smallest absolute Gasteiger partial charge is 0.175 e. The van der Waals surface area contributed by atoms with Gasteiger partial charge in [-0.05, 0) is 49.7 Å². The van der Waals surface area contributed by atoms with Crippen molar-refractivity contribution in [2.75, 3.05) is 13.3 Å². The molecule has 118 valence electrons. The third-order valence-electron chi connectivity index (χ3n) is 4.13. The Balaban J connectivity index is 2.14. The quantitative estimate of drug-likeness (QED) is 0.845. The van der Waals surface area contributed by atoms with E-state index in [1.54, 1.807) is 12.1 Å². The van der Waals surface area contributed by atoms with Gasteiger partial charge in [-0.2, -0.15) is 0 Å². The summed E-state index contributed by atoms with van der Waals surface area (Å²) in [6.45, 7) is 5.12. The molecule has 0 saturated heterocycles. The average Bonchev–Trinajstić information content (AvgIpc) is 2.48. The van der Waals surface area contributed by atoms with Crippen LogP contribution in [0.3, 0.4) is 0 Å².